The topological polar surface area (TPSA) is 79.3 Å². The summed E-state index contributed by atoms with van der Waals surface area (Å²) < 4.78 is 0. The number of carbonyl (C=O) groups excluding carboxylic acids is 1. The van der Waals surface area contributed by atoms with Crippen LogP contribution in [0.15, 0.2) is 54.7 Å². The largest absolute Gasteiger partial charge is 0.481 e. The lowest BCUT2D eigenvalue weighted by molar-refractivity contribution is -0.137. The Hall–Kier alpha value is -2.70. The predicted molar refractivity (Wildman–Crippen MR) is 116 cm³/mol. The first-order chi connectivity index (χ1) is 13.9. The van der Waals surface area contributed by atoms with Gasteiger partial charge < -0.3 is 10.4 Å². The van der Waals surface area contributed by atoms with Crippen molar-refractivity contribution in [2.75, 3.05) is 0 Å². The van der Waals surface area contributed by atoms with Crippen LogP contribution in [0.2, 0.25) is 5.02 Å². The second-order valence-corrected chi connectivity index (χ2v) is 8.20. The van der Waals surface area contributed by atoms with Crippen LogP contribution in [0.3, 0.4) is 0 Å². The highest BCUT2D eigenvalue weighted by Gasteiger charge is 2.19. The van der Waals surface area contributed by atoms with Crippen LogP contribution in [0.4, 0.5) is 0 Å². The highest BCUT2D eigenvalue weighted by Crippen LogP contribution is 2.23. The molecule has 0 unspecified atom stereocenters. The zero-order chi connectivity index (χ0) is 20.8. The predicted octanol–water partition coefficient (Wildman–Crippen LogP) is 4.84. The normalized spacial score (nSPS) is 11.8. The lowest BCUT2D eigenvalue weighted by Crippen LogP contribution is -2.37. The first-order valence-corrected chi connectivity index (χ1v) is 10.5. The third kappa shape index (κ3) is 5.89. The standard InChI is InChI=1S/C22H21ClN2O3S/c1-2-20-24-13-19(29-20)22(28)25-18(12-21(26)27)10-14-6-8-15(9-7-14)16-4-3-5-17(23)11-16/h3-9,11,13,18H,2,10,12H2,1H3,(H,25,28)(H,26,27)/t18-/m1/s1. The summed E-state index contributed by atoms with van der Waals surface area (Å²) in [4.78, 5) is 28.4. The highest BCUT2D eigenvalue weighted by molar-refractivity contribution is 7.13. The summed E-state index contributed by atoms with van der Waals surface area (Å²) in [5.41, 5.74) is 2.98. The van der Waals surface area contributed by atoms with Crippen LogP contribution < -0.4 is 5.32 Å². The number of aliphatic carboxylic acids is 1. The van der Waals surface area contributed by atoms with Crippen LogP contribution in [-0.4, -0.2) is 28.0 Å². The molecule has 2 N–H and O–H groups in total. The van der Waals surface area contributed by atoms with E-state index in [9.17, 15) is 14.7 Å². The van der Waals surface area contributed by atoms with Crippen LogP contribution in [-0.2, 0) is 17.6 Å². The van der Waals surface area contributed by atoms with Crippen molar-refractivity contribution in [3.05, 3.63) is 75.2 Å². The molecule has 0 aliphatic carbocycles. The van der Waals surface area contributed by atoms with Crippen molar-refractivity contribution in [2.45, 2.75) is 32.2 Å². The quantitative estimate of drug-likeness (QED) is 0.538. The number of aromatic nitrogens is 1. The molecule has 3 aromatic rings. The fourth-order valence-corrected chi connectivity index (χ4v) is 3.96. The number of amides is 1. The van der Waals surface area contributed by atoms with Crippen LogP contribution >= 0.6 is 22.9 Å². The number of hydrogen-bond acceptors (Lipinski definition) is 4. The van der Waals surface area contributed by atoms with E-state index in [4.69, 9.17) is 11.6 Å². The van der Waals surface area contributed by atoms with E-state index in [1.807, 2.05) is 55.5 Å². The minimum atomic E-state index is -0.954. The molecule has 0 aliphatic rings. The third-order valence-electron chi connectivity index (χ3n) is 4.43. The maximum atomic E-state index is 12.5. The Bertz CT molecular complexity index is 1000. The van der Waals surface area contributed by atoms with E-state index in [-0.39, 0.29) is 12.3 Å². The average Bonchev–Trinajstić information content (AvgIpc) is 3.17. The van der Waals surface area contributed by atoms with Crippen molar-refractivity contribution in [1.82, 2.24) is 10.3 Å². The van der Waals surface area contributed by atoms with Crippen LogP contribution in [0.5, 0.6) is 0 Å². The average molecular weight is 429 g/mol. The van der Waals surface area contributed by atoms with Gasteiger partial charge in [0.1, 0.15) is 4.88 Å². The van der Waals surface area contributed by atoms with E-state index in [1.165, 1.54) is 17.5 Å². The Kier molecular flexibility index (Phi) is 7.01. The van der Waals surface area contributed by atoms with Gasteiger partial charge in [0.25, 0.3) is 5.91 Å². The van der Waals surface area contributed by atoms with Gasteiger partial charge in [0.2, 0.25) is 0 Å². The Morgan fingerprint density at radius 2 is 1.93 bits per heavy atom. The van der Waals surface area contributed by atoms with Gasteiger partial charge in [-0.1, -0.05) is 54.9 Å². The maximum Gasteiger partial charge on any atom is 0.305 e. The lowest BCUT2D eigenvalue weighted by atomic mass is 9.99. The van der Waals surface area contributed by atoms with Gasteiger partial charge in [0.15, 0.2) is 0 Å². The monoisotopic (exact) mass is 428 g/mol. The number of carboxylic acids is 1. The second kappa shape index (κ2) is 9.67. The SMILES string of the molecule is CCc1ncc(C(=O)N[C@@H](CC(=O)O)Cc2ccc(-c3cccc(Cl)c3)cc2)s1. The molecule has 0 saturated carbocycles. The first-order valence-electron chi connectivity index (χ1n) is 9.27. The molecule has 1 heterocycles. The lowest BCUT2D eigenvalue weighted by Gasteiger charge is -2.17. The molecule has 2 aromatic carbocycles. The fourth-order valence-electron chi connectivity index (χ4n) is 3.01. The molecule has 0 aliphatic heterocycles. The van der Waals surface area contributed by atoms with Crippen LogP contribution in [0.1, 0.15) is 33.6 Å². The molecule has 29 heavy (non-hydrogen) atoms. The van der Waals surface area contributed by atoms with E-state index < -0.39 is 12.0 Å². The van der Waals surface area contributed by atoms with Crippen molar-refractivity contribution in [1.29, 1.82) is 0 Å². The summed E-state index contributed by atoms with van der Waals surface area (Å²) in [7, 11) is 0. The van der Waals surface area contributed by atoms with Crippen molar-refractivity contribution in [3.8, 4) is 11.1 Å². The molecule has 150 valence electrons. The second-order valence-electron chi connectivity index (χ2n) is 6.65. The number of nitrogens with zero attached hydrogens (tertiary/aromatic N) is 1. The number of hydrogen-bond donors (Lipinski definition) is 2. The number of halogens is 1. The Morgan fingerprint density at radius 3 is 2.55 bits per heavy atom. The summed E-state index contributed by atoms with van der Waals surface area (Å²) in [5, 5.41) is 13.6. The fraction of sp³-hybridized carbons (Fsp3) is 0.227. The molecule has 1 amide bonds. The number of thiazole rings is 1. The zero-order valence-corrected chi connectivity index (χ0v) is 17.5. The van der Waals surface area contributed by atoms with Crippen molar-refractivity contribution in [3.63, 3.8) is 0 Å². The van der Waals surface area contributed by atoms with Crippen LogP contribution in [0, 0.1) is 0 Å². The number of nitrogens with one attached hydrogen (secondary N) is 1. The summed E-state index contributed by atoms with van der Waals surface area (Å²) in [6, 6.07) is 14.9. The van der Waals surface area contributed by atoms with Crippen molar-refractivity contribution >= 4 is 34.8 Å². The number of benzene rings is 2. The van der Waals surface area contributed by atoms with Gasteiger partial charge in [-0.3, -0.25) is 9.59 Å². The maximum absolute atomic E-state index is 12.5. The van der Waals surface area contributed by atoms with Gasteiger partial charge in [-0.15, -0.1) is 11.3 Å². The molecule has 0 saturated heterocycles. The first kappa shape index (κ1) is 21.0. The molecule has 7 heteroatoms. The van der Waals surface area contributed by atoms with Gasteiger partial charge in [0, 0.05) is 11.1 Å². The Morgan fingerprint density at radius 1 is 1.17 bits per heavy atom. The van der Waals surface area contributed by atoms with E-state index in [0.717, 1.165) is 28.1 Å². The molecule has 0 bridgehead atoms. The number of rotatable bonds is 8. The summed E-state index contributed by atoms with van der Waals surface area (Å²) in [6.07, 6.45) is 2.57. The van der Waals surface area contributed by atoms with Gasteiger partial charge in [-0.25, -0.2) is 4.98 Å². The molecular weight excluding hydrogens is 408 g/mol. The Labute approximate surface area is 178 Å². The minimum Gasteiger partial charge on any atom is -0.481 e. The molecule has 5 nitrogen and oxygen atoms in total. The number of carboxylic acid groups (broad SMARTS) is 1. The molecule has 1 atom stereocenters. The molecule has 0 spiro atoms. The Balaban J connectivity index is 1.71. The molecule has 3 rings (SSSR count). The number of carbonyl (C=O) groups is 2. The van der Waals surface area contributed by atoms with Gasteiger partial charge in [-0.2, -0.15) is 0 Å². The molecule has 1 aromatic heterocycles. The summed E-state index contributed by atoms with van der Waals surface area (Å²) in [5.74, 6) is -1.24. The van der Waals surface area contributed by atoms with Gasteiger partial charge in [0.05, 0.1) is 17.6 Å². The minimum absolute atomic E-state index is 0.152. The highest BCUT2D eigenvalue weighted by atomic mass is 35.5. The smallest absolute Gasteiger partial charge is 0.305 e. The zero-order valence-electron chi connectivity index (χ0n) is 15.9. The summed E-state index contributed by atoms with van der Waals surface area (Å²) in [6.45, 7) is 1.97. The molecular formula is C22H21ClN2O3S. The van der Waals surface area contributed by atoms with E-state index in [0.29, 0.717) is 16.3 Å². The van der Waals surface area contributed by atoms with Crippen molar-refractivity contribution < 1.29 is 14.7 Å². The third-order valence-corrected chi connectivity index (χ3v) is 5.81. The summed E-state index contributed by atoms with van der Waals surface area (Å²) >= 11 is 7.38. The van der Waals surface area contributed by atoms with Crippen molar-refractivity contribution in [2.24, 2.45) is 0 Å². The van der Waals surface area contributed by atoms with E-state index in [1.54, 1.807) is 0 Å². The molecule has 0 fully saturated rings. The van der Waals surface area contributed by atoms with Gasteiger partial charge in [-0.05, 0) is 41.7 Å². The number of aryl methyl sites for hydroxylation is 1. The van der Waals surface area contributed by atoms with E-state index in [2.05, 4.69) is 10.3 Å². The van der Waals surface area contributed by atoms with Gasteiger partial charge >= 0.3 is 5.97 Å². The molecule has 0 radical (unpaired) electrons. The van der Waals surface area contributed by atoms with E-state index >= 15 is 0 Å². The van der Waals surface area contributed by atoms with Crippen LogP contribution in [0.25, 0.3) is 11.1 Å².